The van der Waals surface area contributed by atoms with Crippen molar-refractivity contribution in [3.63, 3.8) is 0 Å². The first-order valence-electron chi connectivity index (χ1n) is 7.36. The summed E-state index contributed by atoms with van der Waals surface area (Å²) >= 11 is 0. The number of hydrogen-bond donors (Lipinski definition) is 2. The van der Waals surface area contributed by atoms with Gasteiger partial charge >= 0.3 is 12.2 Å². The van der Waals surface area contributed by atoms with Crippen molar-refractivity contribution in [1.82, 2.24) is 20.2 Å². The zero-order valence-electron chi connectivity index (χ0n) is 13.6. The molecule has 0 spiro atoms. The van der Waals surface area contributed by atoms with Crippen molar-refractivity contribution in [3.8, 4) is 0 Å². The van der Waals surface area contributed by atoms with E-state index >= 15 is 0 Å². The average molecular weight is 340 g/mol. The van der Waals surface area contributed by atoms with Crippen LogP contribution in [0.25, 0.3) is 0 Å². The lowest BCUT2D eigenvalue weighted by atomic mass is 10.0. The minimum absolute atomic E-state index is 0.0283. The molecule has 5 nitrogen and oxygen atoms in total. The van der Waals surface area contributed by atoms with Crippen molar-refractivity contribution in [3.05, 3.63) is 53.1 Å². The first-order chi connectivity index (χ1) is 11.2. The number of alkyl halides is 3. The fourth-order valence-electron chi connectivity index (χ4n) is 2.35. The number of hydrogen-bond acceptors (Lipinski definition) is 2. The number of aromatic nitrogens is 2. The molecule has 0 saturated carbocycles. The monoisotopic (exact) mass is 340 g/mol. The Morgan fingerprint density at radius 2 is 2.04 bits per heavy atom. The van der Waals surface area contributed by atoms with Crippen molar-refractivity contribution >= 4 is 6.03 Å². The summed E-state index contributed by atoms with van der Waals surface area (Å²) in [5, 5.41) is 2.58. The van der Waals surface area contributed by atoms with Crippen LogP contribution in [0, 0.1) is 6.92 Å². The summed E-state index contributed by atoms with van der Waals surface area (Å²) in [5.41, 5.74) is 0.147. The molecule has 0 radical (unpaired) electrons. The third kappa shape index (κ3) is 4.27. The molecule has 0 fully saturated rings. The summed E-state index contributed by atoms with van der Waals surface area (Å²) in [5.74, 6) is 0.605. The Balaban J connectivity index is 2.06. The number of rotatable bonds is 4. The number of nitrogens with one attached hydrogen (secondary N) is 2. The summed E-state index contributed by atoms with van der Waals surface area (Å²) in [6, 6.07) is 3.95. The molecule has 1 atom stereocenters. The number of nitrogens with zero attached hydrogens (tertiary/aromatic N) is 2. The topological polar surface area (TPSA) is 61.0 Å². The quantitative estimate of drug-likeness (QED) is 0.893. The number of benzene rings is 1. The molecule has 1 aromatic heterocycles. The Morgan fingerprint density at radius 3 is 2.62 bits per heavy atom. The number of urea groups is 1. The highest BCUT2D eigenvalue weighted by Crippen LogP contribution is 2.34. The highest BCUT2D eigenvalue weighted by Gasteiger charge is 2.34. The number of halogens is 3. The largest absolute Gasteiger partial charge is 0.416 e. The smallest absolute Gasteiger partial charge is 0.345 e. The maximum atomic E-state index is 13.1. The molecule has 1 heterocycles. The highest BCUT2D eigenvalue weighted by molar-refractivity contribution is 5.74. The van der Waals surface area contributed by atoms with Gasteiger partial charge in [0.05, 0.1) is 18.2 Å². The lowest BCUT2D eigenvalue weighted by Crippen LogP contribution is -2.38. The molecule has 0 aliphatic rings. The minimum Gasteiger partial charge on any atom is -0.345 e. The van der Waals surface area contributed by atoms with Gasteiger partial charge in [-0.1, -0.05) is 18.2 Å². The number of imidazole rings is 1. The first kappa shape index (κ1) is 17.8. The Hall–Kier alpha value is -2.51. The minimum atomic E-state index is -4.47. The van der Waals surface area contributed by atoms with E-state index in [2.05, 4.69) is 15.3 Å². The fourth-order valence-corrected chi connectivity index (χ4v) is 2.35. The Morgan fingerprint density at radius 1 is 1.38 bits per heavy atom. The van der Waals surface area contributed by atoms with Crippen molar-refractivity contribution in [2.24, 2.45) is 0 Å². The maximum absolute atomic E-state index is 13.1. The van der Waals surface area contributed by atoms with Gasteiger partial charge in [-0.25, -0.2) is 9.78 Å². The van der Waals surface area contributed by atoms with Gasteiger partial charge in [-0.05, 0) is 25.5 Å². The summed E-state index contributed by atoms with van der Waals surface area (Å²) in [4.78, 5) is 20.6. The Kier molecular flexibility index (Phi) is 5.16. The van der Waals surface area contributed by atoms with Gasteiger partial charge in [-0.2, -0.15) is 13.2 Å². The van der Waals surface area contributed by atoms with E-state index in [1.165, 1.54) is 30.0 Å². The van der Waals surface area contributed by atoms with Crippen LogP contribution >= 0.6 is 0 Å². The molecule has 0 aliphatic heterocycles. The molecule has 2 amide bonds. The second kappa shape index (κ2) is 6.94. The van der Waals surface area contributed by atoms with E-state index in [-0.39, 0.29) is 12.1 Å². The standard InChI is InChI=1S/C16H19F3N4O/c1-10-8-20-14(21-10)9-23(3)15(24)22-11(2)12-6-4-5-7-13(12)16(17,18)19/h4-8,11H,9H2,1-3H3,(H,20,21)(H,22,24)/t11-/m0/s1. The number of H-pyrrole nitrogens is 1. The fraction of sp³-hybridized carbons (Fsp3) is 0.375. The van der Waals surface area contributed by atoms with Gasteiger partial charge in [0.2, 0.25) is 0 Å². The Bertz CT molecular complexity index is 711. The van der Waals surface area contributed by atoms with Crippen molar-refractivity contribution < 1.29 is 18.0 Å². The van der Waals surface area contributed by atoms with Crippen LogP contribution in [-0.4, -0.2) is 27.9 Å². The third-order valence-electron chi connectivity index (χ3n) is 3.56. The molecule has 2 aromatic rings. The normalized spacial score (nSPS) is 12.8. The molecule has 0 aliphatic carbocycles. The molecule has 8 heteroatoms. The number of carbonyl (C=O) groups excluding carboxylic acids is 1. The van der Waals surface area contributed by atoms with Gasteiger partial charge in [0.1, 0.15) is 5.82 Å². The van der Waals surface area contributed by atoms with E-state index in [4.69, 9.17) is 0 Å². The molecule has 130 valence electrons. The van der Waals surface area contributed by atoms with E-state index in [1.54, 1.807) is 13.2 Å². The van der Waals surface area contributed by atoms with Gasteiger partial charge in [0, 0.05) is 18.9 Å². The molecule has 0 saturated heterocycles. The lowest BCUT2D eigenvalue weighted by molar-refractivity contribution is -0.138. The van der Waals surface area contributed by atoms with Gasteiger partial charge in [-0.15, -0.1) is 0 Å². The summed E-state index contributed by atoms with van der Waals surface area (Å²) < 4.78 is 39.2. The van der Waals surface area contributed by atoms with Crippen LogP contribution in [0.2, 0.25) is 0 Å². The molecule has 2 rings (SSSR count). The zero-order chi connectivity index (χ0) is 17.9. The van der Waals surface area contributed by atoms with Gasteiger partial charge in [0.15, 0.2) is 0 Å². The summed E-state index contributed by atoms with van der Waals surface area (Å²) in [6.07, 6.45) is -2.82. The van der Waals surface area contributed by atoms with Crippen LogP contribution in [0.1, 0.15) is 35.6 Å². The van der Waals surface area contributed by atoms with Crippen LogP contribution in [-0.2, 0) is 12.7 Å². The van der Waals surface area contributed by atoms with Crippen LogP contribution in [0.5, 0.6) is 0 Å². The van der Waals surface area contributed by atoms with Gasteiger partial charge < -0.3 is 15.2 Å². The van der Waals surface area contributed by atoms with Gasteiger partial charge in [0.25, 0.3) is 0 Å². The molecule has 0 unspecified atom stereocenters. The highest BCUT2D eigenvalue weighted by atomic mass is 19.4. The van der Waals surface area contributed by atoms with Crippen molar-refractivity contribution in [2.75, 3.05) is 7.05 Å². The number of amides is 2. The number of aryl methyl sites for hydroxylation is 1. The van der Waals surface area contributed by atoms with Crippen LogP contribution in [0.4, 0.5) is 18.0 Å². The SMILES string of the molecule is Cc1cnc(CN(C)C(=O)N[C@@H](C)c2ccccc2C(F)(F)F)[nH]1. The third-order valence-corrected chi connectivity index (χ3v) is 3.56. The second-order valence-electron chi connectivity index (χ2n) is 5.63. The van der Waals surface area contributed by atoms with E-state index in [0.29, 0.717) is 5.82 Å². The first-order valence-corrected chi connectivity index (χ1v) is 7.36. The summed E-state index contributed by atoms with van der Waals surface area (Å²) in [7, 11) is 1.55. The number of aromatic amines is 1. The van der Waals surface area contributed by atoms with Crippen molar-refractivity contribution in [2.45, 2.75) is 32.6 Å². The molecular formula is C16H19F3N4O. The van der Waals surface area contributed by atoms with Crippen molar-refractivity contribution in [1.29, 1.82) is 0 Å². The molecule has 0 bridgehead atoms. The number of carbonyl (C=O) groups is 1. The van der Waals surface area contributed by atoms with Crippen LogP contribution in [0.15, 0.2) is 30.5 Å². The van der Waals surface area contributed by atoms with E-state index in [9.17, 15) is 18.0 Å². The zero-order valence-corrected chi connectivity index (χ0v) is 13.6. The predicted molar refractivity (Wildman–Crippen MR) is 83.2 cm³/mol. The van der Waals surface area contributed by atoms with E-state index < -0.39 is 23.8 Å². The average Bonchev–Trinajstić information content (AvgIpc) is 2.91. The second-order valence-corrected chi connectivity index (χ2v) is 5.63. The predicted octanol–water partition coefficient (Wildman–Crippen LogP) is 3.64. The summed E-state index contributed by atoms with van der Waals surface area (Å²) in [6.45, 7) is 3.59. The Labute approximate surface area is 137 Å². The van der Waals surface area contributed by atoms with E-state index in [0.717, 1.165) is 11.8 Å². The van der Waals surface area contributed by atoms with Gasteiger partial charge in [-0.3, -0.25) is 0 Å². The molecule has 24 heavy (non-hydrogen) atoms. The maximum Gasteiger partial charge on any atom is 0.416 e. The van der Waals surface area contributed by atoms with E-state index in [1.807, 2.05) is 6.92 Å². The molecular weight excluding hydrogens is 321 g/mol. The van der Waals surface area contributed by atoms with Crippen LogP contribution in [0.3, 0.4) is 0 Å². The molecule has 2 N–H and O–H groups in total. The van der Waals surface area contributed by atoms with Crippen LogP contribution < -0.4 is 5.32 Å². The lowest BCUT2D eigenvalue weighted by Gasteiger charge is -2.23. The molecule has 1 aromatic carbocycles.